The van der Waals surface area contributed by atoms with Gasteiger partial charge in [-0.2, -0.15) is 0 Å². The van der Waals surface area contributed by atoms with Crippen LogP contribution in [0, 0.1) is 17.8 Å². The zero-order valence-electron chi connectivity index (χ0n) is 15.8. The van der Waals surface area contributed by atoms with Gasteiger partial charge in [0.1, 0.15) is 5.75 Å². The van der Waals surface area contributed by atoms with Crippen LogP contribution < -0.4 is 9.64 Å². The first kappa shape index (κ1) is 18.4. The number of ketones is 1. The summed E-state index contributed by atoms with van der Waals surface area (Å²) in [5.41, 5.74) is 1.17. The van der Waals surface area contributed by atoms with E-state index in [0.717, 1.165) is 19.3 Å². The van der Waals surface area contributed by atoms with E-state index in [4.69, 9.17) is 4.74 Å². The summed E-state index contributed by atoms with van der Waals surface area (Å²) in [4.78, 5) is 39.0. The van der Waals surface area contributed by atoms with Gasteiger partial charge in [0, 0.05) is 5.56 Å². The van der Waals surface area contributed by atoms with Crippen LogP contribution >= 0.6 is 0 Å². The first-order valence-corrected chi connectivity index (χ1v) is 9.73. The molecule has 0 N–H and O–H groups in total. The van der Waals surface area contributed by atoms with Crippen LogP contribution in [0.5, 0.6) is 5.75 Å². The maximum atomic E-state index is 12.8. The van der Waals surface area contributed by atoms with Crippen LogP contribution in [0.4, 0.5) is 5.69 Å². The van der Waals surface area contributed by atoms with Gasteiger partial charge in [0.25, 0.3) is 0 Å². The second-order valence-electron chi connectivity index (χ2n) is 7.71. The summed E-state index contributed by atoms with van der Waals surface area (Å²) in [6.07, 6.45) is 2.57. The molecule has 1 heterocycles. The Morgan fingerprint density at radius 3 is 2.36 bits per heavy atom. The van der Waals surface area contributed by atoms with E-state index < -0.39 is 0 Å². The Bertz CT molecular complexity index is 891. The van der Waals surface area contributed by atoms with E-state index in [2.05, 4.69) is 6.92 Å². The van der Waals surface area contributed by atoms with Gasteiger partial charge in [-0.1, -0.05) is 37.3 Å². The predicted octanol–water partition coefficient (Wildman–Crippen LogP) is 3.87. The molecule has 28 heavy (non-hydrogen) atoms. The van der Waals surface area contributed by atoms with Crippen molar-refractivity contribution in [3.63, 3.8) is 0 Å². The van der Waals surface area contributed by atoms with Gasteiger partial charge in [-0.3, -0.25) is 19.3 Å². The number of Topliss-reactive ketones (excluding diaryl/α,β-unsaturated/α-hetero) is 1. The summed E-state index contributed by atoms with van der Waals surface area (Å²) >= 11 is 0. The number of anilines is 1. The lowest BCUT2D eigenvalue weighted by Crippen LogP contribution is -2.30. The van der Waals surface area contributed by atoms with Gasteiger partial charge in [-0.25, -0.2) is 0 Å². The van der Waals surface area contributed by atoms with Crippen molar-refractivity contribution in [3.8, 4) is 5.75 Å². The summed E-state index contributed by atoms with van der Waals surface area (Å²) in [5, 5.41) is 0. The molecule has 3 atom stereocenters. The van der Waals surface area contributed by atoms with Crippen molar-refractivity contribution in [1.82, 2.24) is 0 Å². The van der Waals surface area contributed by atoms with Gasteiger partial charge in [0.15, 0.2) is 12.4 Å². The number of nitrogens with zero attached hydrogens (tertiary/aromatic N) is 1. The van der Waals surface area contributed by atoms with Gasteiger partial charge in [0.2, 0.25) is 11.8 Å². The minimum Gasteiger partial charge on any atom is -0.485 e. The number of carbonyl (C=O) groups is 3. The molecule has 2 aromatic rings. The minimum atomic E-state index is -0.185. The fourth-order valence-corrected chi connectivity index (χ4v) is 4.19. The molecule has 5 nitrogen and oxygen atoms in total. The minimum absolute atomic E-state index is 0.0625. The molecule has 1 aliphatic carbocycles. The molecule has 1 saturated carbocycles. The van der Waals surface area contributed by atoms with Crippen LogP contribution in [0.2, 0.25) is 0 Å². The molecule has 2 amide bonds. The summed E-state index contributed by atoms with van der Waals surface area (Å²) in [6.45, 7) is 2.08. The van der Waals surface area contributed by atoms with E-state index in [1.165, 1.54) is 4.90 Å². The van der Waals surface area contributed by atoms with Crippen LogP contribution in [0.1, 0.15) is 36.5 Å². The quantitative estimate of drug-likeness (QED) is 0.586. The van der Waals surface area contributed by atoms with Crippen LogP contribution in [0.3, 0.4) is 0 Å². The van der Waals surface area contributed by atoms with E-state index in [-0.39, 0.29) is 36.0 Å². The predicted molar refractivity (Wildman–Crippen MR) is 105 cm³/mol. The Morgan fingerprint density at radius 1 is 0.964 bits per heavy atom. The number of rotatable bonds is 5. The normalized spacial score (nSPS) is 24.2. The fourth-order valence-electron chi connectivity index (χ4n) is 4.19. The third-order valence-electron chi connectivity index (χ3n) is 5.75. The lowest BCUT2D eigenvalue weighted by Gasteiger charge is -2.25. The maximum absolute atomic E-state index is 12.8. The molecular formula is C23H23NO4. The number of amides is 2. The summed E-state index contributed by atoms with van der Waals surface area (Å²) in [7, 11) is 0. The Hall–Kier alpha value is -2.95. The Kier molecular flexibility index (Phi) is 4.99. The number of ether oxygens (including phenoxy) is 1. The second kappa shape index (κ2) is 7.58. The molecule has 5 heteroatoms. The van der Waals surface area contributed by atoms with E-state index >= 15 is 0 Å². The molecular weight excluding hydrogens is 354 g/mol. The molecule has 0 spiro atoms. The molecule has 1 aliphatic heterocycles. The number of fused-ring (bicyclic) bond motifs is 1. The Labute approximate surface area is 164 Å². The molecule has 0 aromatic heterocycles. The summed E-state index contributed by atoms with van der Waals surface area (Å²) in [6, 6.07) is 15.8. The number of hydrogen-bond acceptors (Lipinski definition) is 4. The molecule has 0 radical (unpaired) electrons. The van der Waals surface area contributed by atoms with E-state index in [9.17, 15) is 14.4 Å². The first-order valence-electron chi connectivity index (χ1n) is 9.73. The van der Waals surface area contributed by atoms with Crippen LogP contribution in [-0.4, -0.2) is 24.2 Å². The molecule has 0 unspecified atom stereocenters. The highest BCUT2D eigenvalue weighted by Gasteiger charge is 2.49. The fraction of sp³-hybridized carbons (Fsp3) is 0.348. The molecule has 2 fully saturated rings. The maximum Gasteiger partial charge on any atom is 0.237 e. The van der Waals surface area contributed by atoms with E-state index in [0.29, 0.717) is 22.9 Å². The summed E-state index contributed by atoms with van der Waals surface area (Å²) in [5.74, 6) is 0.366. The number of carbonyl (C=O) groups excluding carboxylic acids is 3. The third-order valence-corrected chi connectivity index (χ3v) is 5.75. The third kappa shape index (κ3) is 3.44. The van der Waals surface area contributed by atoms with Crippen LogP contribution in [0.15, 0.2) is 54.6 Å². The first-order chi connectivity index (χ1) is 13.5. The number of imide groups is 1. The molecule has 2 aliphatic rings. The van der Waals surface area contributed by atoms with E-state index in [1.807, 2.05) is 18.2 Å². The van der Waals surface area contributed by atoms with Crippen molar-refractivity contribution in [2.75, 3.05) is 11.5 Å². The zero-order chi connectivity index (χ0) is 19.7. The van der Waals surface area contributed by atoms with Crippen molar-refractivity contribution in [2.24, 2.45) is 17.8 Å². The lowest BCUT2D eigenvalue weighted by molar-refractivity contribution is -0.122. The lowest BCUT2D eigenvalue weighted by atomic mass is 9.76. The van der Waals surface area contributed by atoms with Gasteiger partial charge in [-0.05, 0) is 49.4 Å². The Morgan fingerprint density at radius 2 is 1.64 bits per heavy atom. The van der Waals surface area contributed by atoms with Crippen molar-refractivity contribution >= 4 is 23.3 Å². The average molecular weight is 377 g/mol. The second-order valence-corrected chi connectivity index (χ2v) is 7.71. The van der Waals surface area contributed by atoms with Crippen LogP contribution in [-0.2, 0) is 9.59 Å². The average Bonchev–Trinajstić information content (AvgIpc) is 2.97. The van der Waals surface area contributed by atoms with Gasteiger partial charge < -0.3 is 4.74 Å². The van der Waals surface area contributed by atoms with E-state index in [1.54, 1.807) is 36.4 Å². The SMILES string of the molecule is C[C@@H]1CC[C@H]2C(=O)N(c3ccc(OCC(=O)c4ccccc4)cc3)C(=O)[C@H]2C1. The van der Waals surface area contributed by atoms with Crippen molar-refractivity contribution in [1.29, 1.82) is 0 Å². The Balaban J connectivity index is 1.43. The number of hydrogen-bond donors (Lipinski definition) is 0. The molecule has 2 aromatic carbocycles. The number of benzene rings is 2. The zero-order valence-corrected chi connectivity index (χ0v) is 15.8. The highest BCUT2D eigenvalue weighted by molar-refractivity contribution is 6.22. The highest BCUT2D eigenvalue weighted by atomic mass is 16.5. The smallest absolute Gasteiger partial charge is 0.237 e. The standard InChI is InChI=1S/C23H23NO4/c1-15-7-12-19-20(13-15)23(27)24(22(19)26)17-8-10-18(11-9-17)28-14-21(25)16-5-3-2-4-6-16/h2-6,8-11,15,19-20H,7,12-14H2,1H3/t15-,19-,20+/m1/s1. The molecule has 144 valence electrons. The molecule has 4 rings (SSSR count). The van der Waals surface area contributed by atoms with Crippen molar-refractivity contribution < 1.29 is 19.1 Å². The monoisotopic (exact) mass is 377 g/mol. The van der Waals surface area contributed by atoms with Gasteiger partial charge >= 0.3 is 0 Å². The largest absolute Gasteiger partial charge is 0.485 e. The van der Waals surface area contributed by atoms with Crippen molar-refractivity contribution in [2.45, 2.75) is 26.2 Å². The van der Waals surface area contributed by atoms with Crippen LogP contribution in [0.25, 0.3) is 0 Å². The topological polar surface area (TPSA) is 63.7 Å². The van der Waals surface area contributed by atoms with Crippen molar-refractivity contribution in [3.05, 3.63) is 60.2 Å². The molecule has 1 saturated heterocycles. The van der Waals surface area contributed by atoms with Gasteiger partial charge in [-0.15, -0.1) is 0 Å². The summed E-state index contributed by atoms with van der Waals surface area (Å²) < 4.78 is 5.56. The highest BCUT2D eigenvalue weighted by Crippen LogP contribution is 2.42. The molecule has 0 bridgehead atoms. The van der Waals surface area contributed by atoms with Gasteiger partial charge in [0.05, 0.1) is 17.5 Å².